The lowest BCUT2D eigenvalue weighted by Gasteiger charge is -2.11. The van der Waals surface area contributed by atoms with Crippen LogP contribution in [0, 0.1) is 0 Å². The number of carbonyl (C=O) groups excluding carboxylic acids is 2. The molecule has 7 nitrogen and oxygen atoms in total. The summed E-state index contributed by atoms with van der Waals surface area (Å²) in [6.45, 7) is 0.517. The van der Waals surface area contributed by atoms with E-state index in [0.29, 0.717) is 29.9 Å². The third-order valence-corrected chi connectivity index (χ3v) is 3.96. The van der Waals surface area contributed by atoms with Gasteiger partial charge in [-0.1, -0.05) is 12.1 Å². The van der Waals surface area contributed by atoms with Crippen molar-refractivity contribution in [3.63, 3.8) is 0 Å². The van der Waals surface area contributed by atoms with Crippen LogP contribution in [-0.4, -0.2) is 34.3 Å². The summed E-state index contributed by atoms with van der Waals surface area (Å²) in [6, 6.07) is 6.15. The van der Waals surface area contributed by atoms with Crippen LogP contribution in [0.3, 0.4) is 0 Å². The average Bonchev–Trinajstić information content (AvgIpc) is 3.14. The number of anilines is 1. The number of nitrogens with zero attached hydrogens (tertiary/aromatic N) is 2. The molecule has 1 aliphatic heterocycles. The van der Waals surface area contributed by atoms with Crippen molar-refractivity contribution in [2.75, 3.05) is 11.9 Å². The first-order valence-corrected chi connectivity index (χ1v) is 7.81. The largest absolute Gasteiger partial charge is 0.435 e. The molecular formula is C16H16F3N5O2. The third-order valence-electron chi connectivity index (χ3n) is 3.96. The van der Waals surface area contributed by atoms with E-state index in [4.69, 9.17) is 0 Å². The molecule has 1 atom stereocenters. The van der Waals surface area contributed by atoms with Crippen molar-refractivity contribution in [3.05, 3.63) is 36.0 Å². The zero-order chi connectivity index (χ0) is 18.9. The number of carbonyl (C=O) groups is 2. The van der Waals surface area contributed by atoms with Gasteiger partial charge in [-0.2, -0.15) is 18.3 Å². The standard InChI is InChI=1S/C16H16F3N5O2/c1-24-12(8-13(23-24)16(17,18)19)9-2-4-10(5-3-9)21-15(26)22-11-6-7-20-14(11)25/h2-5,8,11H,6-7H2,1H3,(H,20,25)(H2,21,22,26)/t11-/m0/s1. The average molecular weight is 367 g/mol. The van der Waals surface area contributed by atoms with Crippen molar-refractivity contribution in [3.8, 4) is 11.3 Å². The zero-order valence-electron chi connectivity index (χ0n) is 13.7. The maximum Gasteiger partial charge on any atom is 0.435 e. The first kappa shape index (κ1) is 17.8. The van der Waals surface area contributed by atoms with Crippen LogP contribution >= 0.6 is 0 Å². The highest BCUT2D eigenvalue weighted by Crippen LogP contribution is 2.31. The number of rotatable bonds is 3. The van der Waals surface area contributed by atoms with Gasteiger partial charge in [0.2, 0.25) is 5.91 Å². The Morgan fingerprint density at radius 3 is 2.54 bits per heavy atom. The van der Waals surface area contributed by atoms with Crippen LogP contribution in [0.4, 0.5) is 23.7 Å². The topological polar surface area (TPSA) is 88.1 Å². The van der Waals surface area contributed by atoms with Gasteiger partial charge in [0.1, 0.15) is 6.04 Å². The van der Waals surface area contributed by atoms with E-state index in [9.17, 15) is 22.8 Å². The summed E-state index contributed by atoms with van der Waals surface area (Å²) in [4.78, 5) is 23.3. The molecule has 0 unspecified atom stereocenters. The van der Waals surface area contributed by atoms with Gasteiger partial charge in [0, 0.05) is 19.3 Å². The van der Waals surface area contributed by atoms with Gasteiger partial charge in [0.25, 0.3) is 0 Å². The number of hydrogen-bond donors (Lipinski definition) is 3. The van der Waals surface area contributed by atoms with E-state index >= 15 is 0 Å². The molecule has 2 heterocycles. The van der Waals surface area contributed by atoms with Crippen LogP contribution in [-0.2, 0) is 18.0 Å². The molecule has 0 aliphatic carbocycles. The Morgan fingerprint density at radius 1 is 1.31 bits per heavy atom. The number of alkyl halides is 3. The molecule has 138 valence electrons. The Balaban J connectivity index is 1.68. The van der Waals surface area contributed by atoms with E-state index < -0.39 is 23.9 Å². The van der Waals surface area contributed by atoms with E-state index in [1.807, 2.05) is 0 Å². The highest BCUT2D eigenvalue weighted by atomic mass is 19.4. The van der Waals surface area contributed by atoms with Gasteiger partial charge < -0.3 is 16.0 Å². The summed E-state index contributed by atoms with van der Waals surface area (Å²) >= 11 is 0. The van der Waals surface area contributed by atoms with E-state index in [2.05, 4.69) is 21.0 Å². The van der Waals surface area contributed by atoms with Gasteiger partial charge in [0.15, 0.2) is 5.69 Å². The number of aryl methyl sites for hydroxylation is 1. The maximum absolute atomic E-state index is 12.7. The highest BCUT2D eigenvalue weighted by Gasteiger charge is 2.34. The lowest BCUT2D eigenvalue weighted by Crippen LogP contribution is -2.42. The number of halogens is 3. The molecular weight excluding hydrogens is 351 g/mol. The minimum absolute atomic E-state index is 0.229. The fourth-order valence-corrected chi connectivity index (χ4v) is 2.66. The summed E-state index contributed by atoms with van der Waals surface area (Å²) in [5.41, 5.74) is 0.307. The van der Waals surface area contributed by atoms with Gasteiger partial charge in [-0.3, -0.25) is 9.48 Å². The molecule has 1 saturated heterocycles. The van der Waals surface area contributed by atoms with Crippen LogP contribution in [0.25, 0.3) is 11.3 Å². The Hall–Kier alpha value is -3.04. The number of urea groups is 1. The molecule has 1 aliphatic rings. The number of nitrogens with one attached hydrogen (secondary N) is 3. The van der Waals surface area contributed by atoms with Crippen molar-refractivity contribution in [1.29, 1.82) is 0 Å². The fraction of sp³-hybridized carbons (Fsp3) is 0.312. The second-order valence-corrected chi connectivity index (χ2v) is 5.84. The Kier molecular flexibility index (Phi) is 4.58. The summed E-state index contributed by atoms with van der Waals surface area (Å²) in [6.07, 6.45) is -3.99. The summed E-state index contributed by atoms with van der Waals surface area (Å²) in [7, 11) is 1.43. The first-order chi connectivity index (χ1) is 12.2. The van der Waals surface area contributed by atoms with E-state index in [0.717, 1.165) is 10.7 Å². The molecule has 10 heteroatoms. The van der Waals surface area contributed by atoms with Crippen molar-refractivity contribution in [2.24, 2.45) is 7.05 Å². The molecule has 1 aromatic carbocycles. The Labute approximate surface area is 146 Å². The molecule has 0 bridgehead atoms. The molecule has 1 aromatic heterocycles. The number of benzene rings is 1. The smallest absolute Gasteiger partial charge is 0.354 e. The normalized spacial score (nSPS) is 17.1. The lowest BCUT2D eigenvalue weighted by molar-refractivity contribution is -0.141. The van der Waals surface area contributed by atoms with Gasteiger partial charge in [0.05, 0.1) is 5.69 Å². The maximum atomic E-state index is 12.7. The predicted octanol–water partition coefficient (Wildman–Crippen LogP) is 2.12. The Morgan fingerprint density at radius 2 is 2.00 bits per heavy atom. The van der Waals surface area contributed by atoms with Crippen LogP contribution in [0.15, 0.2) is 30.3 Å². The van der Waals surface area contributed by atoms with E-state index in [1.54, 1.807) is 24.3 Å². The number of hydrogen-bond acceptors (Lipinski definition) is 3. The fourth-order valence-electron chi connectivity index (χ4n) is 2.66. The van der Waals surface area contributed by atoms with E-state index in [-0.39, 0.29) is 5.91 Å². The van der Waals surface area contributed by atoms with Crippen molar-refractivity contribution in [1.82, 2.24) is 20.4 Å². The quantitative estimate of drug-likeness (QED) is 0.777. The highest BCUT2D eigenvalue weighted by molar-refractivity contribution is 5.94. The van der Waals surface area contributed by atoms with Crippen molar-refractivity contribution >= 4 is 17.6 Å². The van der Waals surface area contributed by atoms with Crippen LogP contribution in [0.5, 0.6) is 0 Å². The zero-order valence-corrected chi connectivity index (χ0v) is 13.7. The third kappa shape index (κ3) is 3.79. The monoisotopic (exact) mass is 367 g/mol. The molecule has 3 rings (SSSR count). The molecule has 26 heavy (non-hydrogen) atoms. The minimum Gasteiger partial charge on any atom is -0.354 e. The van der Waals surface area contributed by atoms with Gasteiger partial charge in [-0.15, -0.1) is 0 Å². The summed E-state index contributed by atoms with van der Waals surface area (Å²) in [5, 5.41) is 11.2. The van der Waals surface area contributed by atoms with Crippen LogP contribution in [0.1, 0.15) is 12.1 Å². The summed E-state index contributed by atoms with van der Waals surface area (Å²) in [5.74, 6) is -0.229. The number of amides is 3. The molecule has 0 spiro atoms. The SMILES string of the molecule is Cn1nc(C(F)(F)F)cc1-c1ccc(NC(=O)N[C@H]2CCNC2=O)cc1. The second-order valence-electron chi connectivity index (χ2n) is 5.84. The molecule has 3 N–H and O–H groups in total. The van der Waals surface area contributed by atoms with Gasteiger partial charge in [-0.25, -0.2) is 4.79 Å². The second kappa shape index (κ2) is 6.70. The molecule has 0 saturated carbocycles. The van der Waals surface area contributed by atoms with Gasteiger partial charge >= 0.3 is 12.2 Å². The predicted molar refractivity (Wildman–Crippen MR) is 87.2 cm³/mol. The van der Waals surface area contributed by atoms with Gasteiger partial charge in [-0.05, 0) is 30.2 Å². The minimum atomic E-state index is -4.51. The molecule has 0 radical (unpaired) electrons. The molecule has 1 fully saturated rings. The first-order valence-electron chi connectivity index (χ1n) is 7.81. The lowest BCUT2D eigenvalue weighted by atomic mass is 10.1. The van der Waals surface area contributed by atoms with Crippen LogP contribution < -0.4 is 16.0 Å². The van der Waals surface area contributed by atoms with Crippen molar-refractivity contribution in [2.45, 2.75) is 18.6 Å². The summed E-state index contributed by atoms with van der Waals surface area (Å²) < 4.78 is 39.4. The number of aromatic nitrogens is 2. The van der Waals surface area contributed by atoms with Crippen molar-refractivity contribution < 1.29 is 22.8 Å². The van der Waals surface area contributed by atoms with Crippen LogP contribution in [0.2, 0.25) is 0 Å². The molecule has 3 amide bonds. The molecule has 2 aromatic rings. The Bertz CT molecular complexity index is 829. The van der Waals surface area contributed by atoms with E-state index in [1.165, 1.54) is 7.05 Å².